The lowest BCUT2D eigenvalue weighted by atomic mass is 10.0. The minimum atomic E-state index is -0.879. The molecule has 116 valence electrons. The number of halogens is 4. The van der Waals surface area contributed by atoms with Crippen LogP contribution in [-0.4, -0.2) is 19.2 Å². The van der Waals surface area contributed by atoms with Crippen LogP contribution in [-0.2, 0) is 0 Å². The maximum Gasteiger partial charge on any atom is 0.150 e. The highest BCUT2D eigenvalue weighted by Gasteiger charge is 2.25. The van der Waals surface area contributed by atoms with E-state index < -0.39 is 11.6 Å². The highest BCUT2D eigenvalue weighted by molar-refractivity contribution is 6.39. The molecule has 2 aromatic carbocycles. The van der Waals surface area contributed by atoms with E-state index in [1.807, 2.05) is 0 Å². The van der Waals surface area contributed by atoms with Gasteiger partial charge in [-0.3, -0.25) is 0 Å². The maximum absolute atomic E-state index is 13.8. The van der Waals surface area contributed by atoms with Gasteiger partial charge in [-0.05, 0) is 6.07 Å². The molecule has 3 rings (SSSR count). The molecule has 0 radical (unpaired) electrons. The predicted molar refractivity (Wildman–Crippen MR) is 83.8 cm³/mol. The Morgan fingerprint density at radius 1 is 1.23 bits per heavy atom. The van der Waals surface area contributed by atoms with Gasteiger partial charge in [-0.25, -0.2) is 8.78 Å². The van der Waals surface area contributed by atoms with Gasteiger partial charge in [0.15, 0.2) is 5.75 Å². The summed E-state index contributed by atoms with van der Waals surface area (Å²) in [5.41, 5.74) is 6.79. The van der Waals surface area contributed by atoms with E-state index in [0.717, 1.165) is 0 Å². The van der Waals surface area contributed by atoms with Crippen molar-refractivity contribution in [1.29, 1.82) is 0 Å². The minimum Gasteiger partial charge on any atom is -0.484 e. The average Bonchev–Trinajstić information content (AvgIpc) is 2.53. The van der Waals surface area contributed by atoms with Crippen LogP contribution >= 0.6 is 23.2 Å². The van der Waals surface area contributed by atoms with Crippen molar-refractivity contribution in [2.45, 2.75) is 6.10 Å². The second-order valence-electron chi connectivity index (χ2n) is 4.88. The summed E-state index contributed by atoms with van der Waals surface area (Å²) in [7, 11) is 0. The standard InChI is InChI=1S/C15H12Cl2F2N2O/c16-13-9(18)4-10(19)14(17)12(13)8-2-1-3-11-15(8)22-7(5-20)6-21-11/h1-4,7,21H,5-6,20H2/t7-/m0/s1. The Morgan fingerprint density at radius 3 is 2.55 bits per heavy atom. The van der Waals surface area contributed by atoms with Crippen LogP contribution in [0, 0.1) is 11.6 Å². The summed E-state index contributed by atoms with van der Waals surface area (Å²) in [5.74, 6) is -1.33. The smallest absolute Gasteiger partial charge is 0.150 e. The third-order valence-electron chi connectivity index (χ3n) is 3.46. The zero-order valence-corrected chi connectivity index (χ0v) is 12.8. The predicted octanol–water partition coefficient (Wildman–Crippen LogP) is 4.07. The fourth-order valence-corrected chi connectivity index (χ4v) is 2.92. The molecule has 3 nitrogen and oxygen atoms in total. The first-order valence-electron chi connectivity index (χ1n) is 6.60. The van der Waals surface area contributed by atoms with Crippen molar-refractivity contribution in [2.24, 2.45) is 5.73 Å². The molecule has 0 amide bonds. The van der Waals surface area contributed by atoms with Crippen molar-refractivity contribution in [2.75, 3.05) is 18.4 Å². The van der Waals surface area contributed by atoms with E-state index in [9.17, 15) is 8.78 Å². The Morgan fingerprint density at radius 2 is 1.91 bits per heavy atom. The molecule has 1 aliphatic heterocycles. The highest BCUT2D eigenvalue weighted by atomic mass is 35.5. The van der Waals surface area contributed by atoms with Crippen LogP contribution in [0.15, 0.2) is 24.3 Å². The molecule has 1 atom stereocenters. The van der Waals surface area contributed by atoms with Gasteiger partial charge in [0.1, 0.15) is 17.7 Å². The number of para-hydroxylation sites is 1. The number of hydrogen-bond acceptors (Lipinski definition) is 3. The summed E-state index contributed by atoms with van der Waals surface area (Å²) >= 11 is 12.0. The molecule has 0 fully saturated rings. The zero-order valence-electron chi connectivity index (χ0n) is 11.3. The van der Waals surface area contributed by atoms with Gasteiger partial charge < -0.3 is 15.8 Å². The number of benzene rings is 2. The summed E-state index contributed by atoms with van der Waals surface area (Å²) in [6.07, 6.45) is -0.246. The zero-order chi connectivity index (χ0) is 15.9. The molecule has 2 aromatic rings. The molecule has 0 aliphatic carbocycles. The van der Waals surface area contributed by atoms with E-state index in [1.54, 1.807) is 18.2 Å². The number of anilines is 1. The SMILES string of the molecule is NC[C@H]1CNc2cccc(-c3c(Cl)c(F)cc(F)c3Cl)c2O1. The Hall–Kier alpha value is -1.56. The number of fused-ring (bicyclic) bond motifs is 1. The molecule has 0 unspecified atom stereocenters. The molecule has 7 heteroatoms. The van der Waals surface area contributed by atoms with Crippen LogP contribution in [0.3, 0.4) is 0 Å². The second-order valence-corrected chi connectivity index (χ2v) is 5.64. The Kier molecular flexibility index (Phi) is 4.12. The number of ether oxygens (including phenoxy) is 1. The van der Waals surface area contributed by atoms with Gasteiger partial charge in [0.2, 0.25) is 0 Å². The van der Waals surface area contributed by atoms with Gasteiger partial charge in [-0.2, -0.15) is 0 Å². The van der Waals surface area contributed by atoms with Crippen molar-refractivity contribution in [3.8, 4) is 16.9 Å². The number of nitrogens with one attached hydrogen (secondary N) is 1. The third kappa shape index (κ3) is 2.49. The molecule has 1 aliphatic rings. The lowest BCUT2D eigenvalue weighted by Gasteiger charge is -2.28. The summed E-state index contributed by atoms with van der Waals surface area (Å²) in [5, 5.41) is 2.66. The first-order chi connectivity index (χ1) is 10.5. The number of rotatable bonds is 2. The van der Waals surface area contributed by atoms with Gasteiger partial charge in [0.25, 0.3) is 0 Å². The molecule has 0 saturated carbocycles. The van der Waals surface area contributed by atoms with Crippen LogP contribution in [0.25, 0.3) is 11.1 Å². The van der Waals surface area contributed by atoms with Gasteiger partial charge >= 0.3 is 0 Å². The lowest BCUT2D eigenvalue weighted by molar-refractivity contribution is 0.215. The van der Waals surface area contributed by atoms with Crippen LogP contribution in [0.2, 0.25) is 10.0 Å². The van der Waals surface area contributed by atoms with Crippen LogP contribution in [0.4, 0.5) is 14.5 Å². The molecule has 22 heavy (non-hydrogen) atoms. The van der Waals surface area contributed by atoms with Crippen molar-refractivity contribution in [3.05, 3.63) is 45.9 Å². The van der Waals surface area contributed by atoms with Gasteiger partial charge in [0, 0.05) is 23.7 Å². The van der Waals surface area contributed by atoms with E-state index >= 15 is 0 Å². The van der Waals surface area contributed by atoms with Crippen molar-refractivity contribution >= 4 is 28.9 Å². The Balaban J connectivity index is 2.23. The molecular weight excluding hydrogens is 333 g/mol. The van der Waals surface area contributed by atoms with Crippen molar-refractivity contribution in [3.63, 3.8) is 0 Å². The number of hydrogen-bond donors (Lipinski definition) is 2. The van der Waals surface area contributed by atoms with Gasteiger partial charge in [-0.1, -0.05) is 35.3 Å². The van der Waals surface area contributed by atoms with Crippen LogP contribution in [0.5, 0.6) is 5.75 Å². The molecule has 0 saturated heterocycles. The molecule has 0 bridgehead atoms. The molecule has 3 N–H and O–H groups in total. The van der Waals surface area contributed by atoms with Crippen molar-refractivity contribution in [1.82, 2.24) is 0 Å². The third-order valence-corrected chi connectivity index (χ3v) is 4.20. The van der Waals surface area contributed by atoms with Crippen molar-refractivity contribution < 1.29 is 13.5 Å². The largest absolute Gasteiger partial charge is 0.484 e. The number of nitrogens with two attached hydrogens (primary N) is 1. The summed E-state index contributed by atoms with van der Waals surface area (Å²) in [6, 6.07) is 5.82. The summed E-state index contributed by atoms with van der Waals surface area (Å²) in [4.78, 5) is 0. The first kappa shape index (κ1) is 15.3. The quantitative estimate of drug-likeness (QED) is 0.807. The van der Waals surface area contributed by atoms with E-state index in [-0.39, 0.29) is 21.7 Å². The Bertz CT molecular complexity index is 714. The molecule has 1 heterocycles. The van der Waals surface area contributed by atoms with E-state index in [1.165, 1.54) is 0 Å². The van der Waals surface area contributed by atoms with Crippen LogP contribution < -0.4 is 15.8 Å². The summed E-state index contributed by atoms with van der Waals surface area (Å²) in [6.45, 7) is 0.853. The highest BCUT2D eigenvalue weighted by Crippen LogP contribution is 2.46. The second kappa shape index (κ2) is 5.91. The maximum atomic E-state index is 13.8. The lowest BCUT2D eigenvalue weighted by Crippen LogP contribution is -2.37. The average molecular weight is 345 g/mol. The van der Waals surface area contributed by atoms with E-state index in [0.29, 0.717) is 36.2 Å². The molecule has 0 spiro atoms. The fourth-order valence-electron chi connectivity index (χ4n) is 2.37. The van der Waals surface area contributed by atoms with E-state index in [4.69, 9.17) is 33.7 Å². The normalized spacial score (nSPS) is 16.7. The van der Waals surface area contributed by atoms with Crippen LogP contribution in [0.1, 0.15) is 0 Å². The fraction of sp³-hybridized carbons (Fsp3) is 0.200. The molecule has 0 aromatic heterocycles. The molecular formula is C15H12Cl2F2N2O. The topological polar surface area (TPSA) is 47.3 Å². The minimum absolute atomic E-state index is 0.0668. The summed E-state index contributed by atoms with van der Waals surface area (Å²) < 4.78 is 33.4. The first-order valence-corrected chi connectivity index (χ1v) is 7.35. The van der Waals surface area contributed by atoms with Gasteiger partial charge in [0.05, 0.1) is 22.3 Å². The Labute approximate surface area is 136 Å². The monoisotopic (exact) mass is 344 g/mol. The van der Waals surface area contributed by atoms with Gasteiger partial charge in [-0.15, -0.1) is 0 Å². The van der Waals surface area contributed by atoms with E-state index in [2.05, 4.69) is 5.32 Å².